The molecular weight excluding hydrogens is 160 g/mol. The normalized spacial score (nSPS) is 12.0. The molecule has 0 aliphatic heterocycles. The Kier molecular flexibility index (Phi) is 7.35. The lowest BCUT2D eigenvalue weighted by molar-refractivity contribution is 0.242. The van der Waals surface area contributed by atoms with E-state index in [9.17, 15) is 0 Å². The fraction of sp³-hybridized carbons (Fsp3) is 0.917. The van der Waals surface area contributed by atoms with Gasteiger partial charge >= 0.3 is 0 Å². The molecule has 1 nitrogen and oxygen atoms in total. The molecule has 0 heterocycles. The van der Waals surface area contributed by atoms with Crippen LogP contribution in [-0.2, 0) is 0 Å². The standard InChI is InChI=1S/C12H25O/c1-4-7-9-12(5-2,6-3)10-8-11-13/h10,13H,4-9,11H2,1-3H3. The van der Waals surface area contributed by atoms with E-state index in [-0.39, 0.29) is 0 Å². The van der Waals surface area contributed by atoms with Crippen molar-refractivity contribution in [3.05, 3.63) is 6.42 Å². The van der Waals surface area contributed by atoms with Crippen molar-refractivity contribution in [3.8, 4) is 0 Å². The van der Waals surface area contributed by atoms with Gasteiger partial charge in [0.2, 0.25) is 0 Å². The van der Waals surface area contributed by atoms with Crippen molar-refractivity contribution in [1.82, 2.24) is 0 Å². The van der Waals surface area contributed by atoms with Crippen LogP contribution in [0, 0.1) is 11.8 Å². The zero-order valence-corrected chi connectivity index (χ0v) is 9.47. The van der Waals surface area contributed by atoms with Crippen molar-refractivity contribution in [1.29, 1.82) is 0 Å². The molecule has 0 amide bonds. The number of rotatable bonds is 8. The summed E-state index contributed by atoms with van der Waals surface area (Å²) in [6.07, 6.45) is 9.48. The van der Waals surface area contributed by atoms with Crippen molar-refractivity contribution in [3.63, 3.8) is 0 Å². The molecule has 13 heavy (non-hydrogen) atoms. The highest BCUT2D eigenvalue weighted by molar-refractivity contribution is 4.90. The van der Waals surface area contributed by atoms with Gasteiger partial charge in [-0.05, 0) is 24.7 Å². The molecule has 0 unspecified atom stereocenters. The van der Waals surface area contributed by atoms with Gasteiger partial charge in [-0.1, -0.05) is 46.5 Å². The van der Waals surface area contributed by atoms with Crippen LogP contribution in [0.2, 0.25) is 0 Å². The Hall–Kier alpha value is -0.0400. The molecule has 0 rings (SSSR count). The van der Waals surface area contributed by atoms with Crippen LogP contribution in [0.5, 0.6) is 0 Å². The van der Waals surface area contributed by atoms with Gasteiger partial charge in [0, 0.05) is 6.61 Å². The van der Waals surface area contributed by atoms with E-state index in [0.29, 0.717) is 12.0 Å². The maximum absolute atomic E-state index is 8.81. The fourth-order valence-corrected chi connectivity index (χ4v) is 1.89. The van der Waals surface area contributed by atoms with E-state index in [1.807, 2.05) is 0 Å². The summed E-state index contributed by atoms with van der Waals surface area (Å²) < 4.78 is 0. The minimum Gasteiger partial charge on any atom is -0.396 e. The monoisotopic (exact) mass is 185 g/mol. The third kappa shape index (κ3) is 4.66. The summed E-state index contributed by atoms with van der Waals surface area (Å²) in [7, 11) is 0. The lowest BCUT2D eigenvalue weighted by Gasteiger charge is -2.31. The van der Waals surface area contributed by atoms with Gasteiger partial charge < -0.3 is 5.11 Å². The Labute approximate surface area is 83.5 Å². The van der Waals surface area contributed by atoms with Gasteiger partial charge in [-0.2, -0.15) is 0 Å². The van der Waals surface area contributed by atoms with Crippen LogP contribution in [0.1, 0.15) is 59.3 Å². The number of aliphatic hydroxyl groups is 1. The first-order valence-corrected chi connectivity index (χ1v) is 5.70. The quantitative estimate of drug-likeness (QED) is 0.613. The smallest absolute Gasteiger partial charge is 0.0433 e. The Morgan fingerprint density at radius 3 is 2.15 bits per heavy atom. The molecule has 0 fully saturated rings. The van der Waals surface area contributed by atoms with Gasteiger partial charge in [0.25, 0.3) is 0 Å². The second kappa shape index (κ2) is 7.37. The summed E-state index contributed by atoms with van der Waals surface area (Å²) in [6.45, 7) is 7.05. The minimum absolute atomic E-state index is 0.299. The first-order chi connectivity index (χ1) is 6.24. The first kappa shape index (κ1) is 13.0. The Bertz CT molecular complexity index is 95.7. The van der Waals surface area contributed by atoms with Gasteiger partial charge in [0.05, 0.1) is 0 Å². The molecule has 0 aliphatic rings. The van der Waals surface area contributed by atoms with Crippen molar-refractivity contribution >= 4 is 0 Å². The second-order valence-corrected chi connectivity index (χ2v) is 3.89. The van der Waals surface area contributed by atoms with E-state index in [1.54, 1.807) is 0 Å². The predicted molar refractivity (Wildman–Crippen MR) is 58.5 cm³/mol. The fourth-order valence-electron chi connectivity index (χ4n) is 1.89. The molecule has 1 radical (unpaired) electrons. The summed E-state index contributed by atoms with van der Waals surface area (Å²) >= 11 is 0. The van der Waals surface area contributed by atoms with Crippen LogP contribution in [-0.4, -0.2) is 11.7 Å². The summed E-state index contributed by atoms with van der Waals surface area (Å²) in [4.78, 5) is 0. The van der Waals surface area contributed by atoms with E-state index in [0.717, 1.165) is 6.42 Å². The summed E-state index contributed by atoms with van der Waals surface area (Å²) in [5.41, 5.74) is 0.402. The largest absolute Gasteiger partial charge is 0.396 e. The van der Waals surface area contributed by atoms with Crippen LogP contribution in [0.4, 0.5) is 0 Å². The topological polar surface area (TPSA) is 20.2 Å². The van der Waals surface area contributed by atoms with Crippen LogP contribution >= 0.6 is 0 Å². The number of hydrogen-bond acceptors (Lipinski definition) is 1. The summed E-state index contributed by atoms with van der Waals surface area (Å²) in [5, 5.41) is 8.81. The van der Waals surface area contributed by atoms with Crippen LogP contribution in [0.15, 0.2) is 0 Å². The van der Waals surface area contributed by atoms with Crippen LogP contribution < -0.4 is 0 Å². The molecular formula is C12H25O. The second-order valence-electron chi connectivity index (χ2n) is 3.89. The molecule has 0 aromatic carbocycles. The predicted octanol–water partition coefficient (Wildman–Crippen LogP) is 3.57. The lowest BCUT2D eigenvalue weighted by Crippen LogP contribution is -2.20. The summed E-state index contributed by atoms with van der Waals surface area (Å²) in [5.74, 6) is 0. The van der Waals surface area contributed by atoms with Gasteiger partial charge in [0.1, 0.15) is 0 Å². The number of aliphatic hydroxyl groups excluding tert-OH is 1. The Balaban J connectivity index is 3.97. The van der Waals surface area contributed by atoms with E-state index < -0.39 is 0 Å². The number of hydrogen-bond donors (Lipinski definition) is 1. The third-order valence-electron chi connectivity index (χ3n) is 3.14. The minimum atomic E-state index is 0.299. The average molecular weight is 185 g/mol. The third-order valence-corrected chi connectivity index (χ3v) is 3.14. The highest BCUT2D eigenvalue weighted by Crippen LogP contribution is 2.36. The molecule has 0 atom stereocenters. The SMILES string of the molecule is CCCCC([CH]CCO)(CC)CC. The molecule has 1 heteroatoms. The van der Waals surface area contributed by atoms with Gasteiger partial charge in [0.15, 0.2) is 0 Å². The zero-order valence-electron chi connectivity index (χ0n) is 9.47. The molecule has 0 spiro atoms. The Morgan fingerprint density at radius 1 is 1.15 bits per heavy atom. The van der Waals surface area contributed by atoms with Crippen LogP contribution in [0.3, 0.4) is 0 Å². The van der Waals surface area contributed by atoms with E-state index in [4.69, 9.17) is 5.11 Å². The molecule has 0 aromatic rings. The van der Waals surface area contributed by atoms with Gasteiger partial charge in [-0.25, -0.2) is 0 Å². The Morgan fingerprint density at radius 2 is 1.77 bits per heavy atom. The van der Waals surface area contributed by atoms with Crippen molar-refractivity contribution in [2.45, 2.75) is 59.3 Å². The van der Waals surface area contributed by atoms with Gasteiger partial charge in [-0.15, -0.1) is 0 Å². The first-order valence-electron chi connectivity index (χ1n) is 5.70. The lowest BCUT2D eigenvalue weighted by atomic mass is 9.74. The molecule has 0 aliphatic carbocycles. The molecule has 0 saturated heterocycles. The van der Waals surface area contributed by atoms with Crippen molar-refractivity contribution < 1.29 is 5.11 Å². The van der Waals surface area contributed by atoms with E-state index >= 15 is 0 Å². The molecule has 0 saturated carbocycles. The molecule has 79 valence electrons. The van der Waals surface area contributed by atoms with E-state index in [2.05, 4.69) is 27.2 Å². The zero-order chi connectivity index (χ0) is 10.2. The van der Waals surface area contributed by atoms with Crippen LogP contribution in [0.25, 0.3) is 0 Å². The van der Waals surface area contributed by atoms with Crippen molar-refractivity contribution in [2.24, 2.45) is 5.41 Å². The van der Waals surface area contributed by atoms with Crippen molar-refractivity contribution in [2.75, 3.05) is 6.61 Å². The molecule has 1 N–H and O–H groups in total. The maximum Gasteiger partial charge on any atom is 0.0433 e. The number of unbranched alkanes of at least 4 members (excludes halogenated alkanes) is 1. The molecule has 0 bridgehead atoms. The highest BCUT2D eigenvalue weighted by Gasteiger charge is 2.24. The molecule has 0 aromatic heterocycles. The highest BCUT2D eigenvalue weighted by atomic mass is 16.2. The van der Waals surface area contributed by atoms with Gasteiger partial charge in [-0.3, -0.25) is 0 Å². The average Bonchev–Trinajstić information content (AvgIpc) is 2.20. The summed E-state index contributed by atoms with van der Waals surface area (Å²) in [6, 6.07) is 0. The maximum atomic E-state index is 8.81. The van der Waals surface area contributed by atoms with E-state index in [1.165, 1.54) is 32.1 Å².